The molecule has 0 radical (unpaired) electrons. The number of rotatable bonds is 7. The molecule has 0 saturated carbocycles. The first-order valence-electron chi connectivity index (χ1n) is 10.2. The third-order valence-corrected chi connectivity index (χ3v) is 5.62. The van der Waals surface area contributed by atoms with Crippen molar-refractivity contribution in [3.8, 4) is 11.5 Å². The zero-order chi connectivity index (χ0) is 24.2. The van der Waals surface area contributed by atoms with Crippen LogP contribution in [0.4, 0.5) is 24.5 Å². The summed E-state index contributed by atoms with van der Waals surface area (Å²) in [5, 5.41) is 14.2. The van der Waals surface area contributed by atoms with E-state index in [0.29, 0.717) is 50.0 Å². The number of methoxy groups -OCH3 is 2. The van der Waals surface area contributed by atoms with E-state index in [9.17, 15) is 28.1 Å². The van der Waals surface area contributed by atoms with Gasteiger partial charge < -0.3 is 19.7 Å². The van der Waals surface area contributed by atoms with Gasteiger partial charge in [0.1, 0.15) is 5.69 Å². The second kappa shape index (κ2) is 9.97. The molecular formula is C22H24F3N3O5. The Morgan fingerprint density at radius 2 is 1.79 bits per heavy atom. The lowest BCUT2D eigenvalue weighted by molar-refractivity contribution is -0.384. The maximum absolute atomic E-state index is 12.9. The Labute approximate surface area is 188 Å². The molecule has 2 aromatic carbocycles. The van der Waals surface area contributed by atoms with Crippen LogP contribution in [0.2, 0.25) is 0 Å². The average molecular weight is 467 g/mol. The first-order chi connectivity index (χ1) is 15.6. The number of nitro groups is 1. The molecule has 3 rings (SSSR count). The molecule has 0 bridgehead atoms. The predicted molar refractivity (Wildman–Crippen MR) is 114 cm³/mol. The Bertz CT molecular complexity index is 1020. The number of hydrogen-bond acceptors (Lipinski definition) is 6. The predicted octanol–water partition coefficient (Wildman–Crippen LogP) is 4.16. The number of carbonyl (C=O) groups is 1. The number of carbonyl (C=O) groups excluding carboxylic acids is 1. The van der Waals surface area contributed by atoms with Gasteiger partial charge in [0, 0.05) is 31.6 Å². The van der Waals surface area contributed by atoms with Crippen LogP contribution < -0.4 is 19.7 Å². The van der Waals surface area contributed by atoms with Gasteiger partial charge in [0.05, 0.1) is 24.7 Å². The number of anilines is 1. The fourth-order valence-electron chi connectivity index (χ4n) is 3.82. The SMILES string of the molecule is COc1ccc(CNC(=O)C2CCN(c3ccc(C(F)(F)F)cc3[N+](=O)[O-])CC2)cc1OC. The van der Waals surface area contributed by atoms with Crippen LogP contribution >= 0.6 is 0 Å². The van der Waals surface area contributed by atoms with Crippen LogP contribution in [0.3, 0.4) is 0 Å². The van der Waals surface area contributed by atoms with Crippen LogP contribution in [0, 0.1) is 16.0 Å². The van der Waals surface area contributed by atoms with E-state index in [0.717, 1.165) is 17.7 Å². The topological polar surface area (TPSA) is 93.9 Å². The minimum atomic E-state index is -4.66. The molecule has 11 heteroatoms. The maximum Gasteiger partial charge on any atom is 0.416 e. The van der Waals surface area contributed by atoms with E-state index in [1.165, 1.54) is 14.2 Å². The zero-order valence-corrected chi connectivity index (χ0v) is 18.1. The molecule has 33 heavy (non-hydrogen) atoms. The Hall–Kier alpha value is -3.50. The molecule has 2 aromatic rings. The number of hydrogen-bond donors (Lipinski definition) is 1. The van der Waals surface area contributed by atoms with E-state index in [-0.39, 0.29) is 17.5 Å². The van der Waals surface area contributed by atoms with E-state index in [4.69, 9.17) is 9.47 Å². The van der Waals surface area contributed by atoms with Gasteiger partial charge in [0.25, 0.3) is 5.69 Å². The van der Waals surface area contributed by atoms with Gasteiger partial charge in [-0.2, -0.15) is 13.2 Å². The number of nitrogens with zero attached hydrogens (tertiary/aromatic N) is 2. The third-order valence-electron chi connectivity index (χ3n) is 5.62. The molecule has 1 saturated heterocycles. The lowest BCUT2D eigenvalue weighted by Crippen LogP contribution is -2.40. The van der Waals surface area contributed by atoms with Gasteiger partial charge in [0.15, 0.2) is 11.5 Å². The highest BCUT2D eigenvalue weighted by Crippen LogP contribution is 2.37. The fourth-order valence-corrected chi connectivity index (χ4v) is 3.82. The molecule has 1 aliphatic rings. The molecule has 0 unspecified atom stereocenters. The van der Waals surface area contributed by atoms with Crippen molar-refractivity contribution in [1.82, 2.24) is 5.32 Å². The summed E-state index contributed by atoms with van der Waals surface area (Å²) >= 11 is 0. The highest BCUT2D eigenvalue weighted by atomic mass is 19.4. The average Bonchev–Trinajstić information content (AvgIpc) is 2.81. The van der Waals surface area contributed by atoms with Crippen molar-refractivity contribution in [3.05, 3.63) is 57.6 Å². The summed E-state index contributed by atoms with van der Waals surface area (Å²) in [7, 11) is 3.06. The number of alkyl halides is 3. The molecule has 0 aliphatic carbocycles. The van der Waals surface area contributed by atoms with Crippen LogP contribution in [-0.4, -0.2) is 38.1 Å². The number of benzene rings is 2. The molecule has 0 atom stereocenters. The van der Waals surface area contributed by atoms with Crippen molar-refractivity contribution in [2.24, 2.45) is 5.92 Å². The number of halogens is 3. The molecule has 8 nitrogen and oxygen atoms in total. The van der Waals surface area contributed by atoms with Crippen molar-refractivity contribution in [2.45, 2.75) is 25.6 Å². The number of ether oxygens (including phenoxy) is 2. The third kappa shape index (κ3) is 5.65. The largest absolute Gasteiger partial charge is 0.493 e. The van der Waals surface area contributed by atoms with Crippen molar-refractivity contribution in [1.29, 1.82) is 0 Å². The highest BCUT2D eigenvalue weighted by molar-refractivity contribution is 5.79. The summed E-state index contributed by atoms with van der Waals surface area (Å²) in [5.41, 5.74) is -0.709. The summed E-state index contributed by atoms with van der Waals surface area (Å²) in [4.78, 5) is 24.8. The number of piperidine rings is 1. The summed E-state index contributed by atoms with van der Waals surface area (Å²) in [6.07, 6.45) is -3.81. The van der Waals surface area contributed by atoms with E-state index < -0.39 is 22.4 Å². The number of nitrogens with one attached hydrogen (secondary N) is 1. The molecule has 1 amide bonds. The van der Waals surface area contributed by atoms with E-state index in [2.05, 4.69) is 5.32 Å². The van der Waals surface area contributed by atoms with Gasteiger partial charge >= 0.3 is 6.18 Å². The molecule has 1 heterocycles. The van der Waals surface area contributed by atoms with Gasteiger partial charge in [-0.05, 0) is 42.7 Å². The molecule has 0 spiro atoms. The second-order valence-electron chi connectivity index (χ2n) is 7.63. The van der Waals surface area contributed by atoms with E-state index in [1.807, 2.05) is 6.07 Å². The summed E-state index contributed by atoms with van der Waals surface area (Å²) in [6.45, 7) is 0.936. The van der Waals surface area contributed by atoms with E-state index >= 15 is 0 Å². The summed E-state index contributed by atoms with van der Waals surface area (Å²) in [5.74, 6) is 0.689. The molecule has 1 aliphatic heterocycles. The van der Waals surface area contributed by atoms with Gasteiger partial charge in [-0.15, -0.1) is 0 Å². The van der Waals surface area contributed by atoms with Crippen molar-refractivity contribution in [2.75, 3.05) is 32.2 Å². The number of amides is 1. The number of nitro benzene ring substituents is 1. The molecule has 0 aromatic heterocycles. The summed E-state index contributed by atoms with van der Waals surface area (Å²) < 4.78 is 49.2. The van der Waals surface area contributed by atoms with Gasteiger partial charge in [-0.25, -0.2) is 0 Å². The van der Waals surface area contributed by atoms with Crippen LogP contribution in [0.25, 0.3) is 0 Å². The maximum atomic E-state index is 12.9. The minimum absolute atomic E-state index is 0.122. The molecule has 1 fully saturated rings. The van der Waals surface area contributed by atoms with Crippen LogP contribution in [-0.2, 0) is 17.5 Å². The fraction of sp³-hybridized carbons (Fsp3) is 0.409. The van der Waals surface area contributed by atoms with Gasteiger partial charge in [-0.3, -0.25) is 14.9 Å². The molecule has 1 N–H and O–H groups in total. The first kappa shape index (κ1) is 24.1. The first-order valence-corrected chi connectivity index (χ1v) is 10.2. The second-order valence-corrected chi connectivity index (χ2v) is 7.63. The normalized spacial score (nSPS) is 14.6. The van der Waals surface area contributed by atoms with Crippen LogP contribution in [0.1, 0.15) is 24.0 Å². The van der Waals surface area contributed by atoms with E-state index in [1.54, 1.807) is 17.0 Å². The monoisotopic (exact) mass is 467 g/mol. The van der Waals surface area contributed by atoms with Crippen molar-refractivity contribution >= 4 is 17.3 Å². The van der Waals surface area contributed by atoms with Crippen LogP contribution in [0.15, 0.2) is 36.4 Å². The lowest BCUT2D eigenvalue weighted by Gasteiger charge is -2.32. The standard InChI is InChI=1S/C22H24F3N3O5/c1-32-19-6-3-14(11-20(19)33-2)13-26-21(29)15-7-9-27(10-8-15)17-5-4-16(22(23,24)25)12-18(17)28(30)31/h3-6,11-12,15H,7-10,13H2,1-2H3,(H,26,29). The van der Waals surface area contributed by atoms with Crippen LogP contribution in [0.5, 0.6) is 11.5 Å². The lowest BCUT2D eigenvalue weighted by atomic mass is 9.95. The quantitative estimate of drug-likeness (QED) is 0.486. The van der Waals surface area contributed by atoms with Gasteiger partial charge in [-0.1, -0.05) is 6.07 Å². The molecular weight excluding hydrogens is 443 g/mol. The van der Waals surface area contributed by atoms with Crippen molar-refractivity contribution < 1.29 is 32.4 Å². The van der Waals surface area contributed by atoms with Crippen molar-refractivity contribution in [3.63, 3.8) is 0 Å². The Kier molecular flexibility index (Phi) is 7.29. The highest BCUT2D eigenvalue weighted by Gasteiger charge is 2.34. The minimum Gasteiger partial charge on any atom is -0.493 e. The molecule has 178 valence electrons. The smallest absolute Gasteiger partial charge is 0.416 e. The Morgan fingerprint density at radius 3 is 2.36 bits per heavy atom. The van der Waals surface area contributed by atoms with Gasteiger partial charge in [0.2, 0.25) is 5.91 Å². The Morgan fingerprint density at radius 1 is 1.12 bits per heavy atom. The summed E-state index contributed by atoms with van der Waals surface area (Å²) in [6, 6.07) is 7.84. The zero-order valence-electron chi connectivity index (χ0n) is 18.1. The Balaban J connectivity index is 1.61.